The summed E-state index contributed by atoms with van der Waals surface area (Å²) in [6.07, 6.45) is 0.885. The monoisotopic (exact) mass is 387 g/mol. The Hall–Kier alpha value is -2.18. The molecule has 0 saturated heterocycles. The molecule has 0 bridgehead atoms. The van der Waals surface area contributed by atoms with Crippen LogP contribution in [-0.2, 0) is 11.3 Å². The summed E-state index contributed by atoms with van der Waals surface area (Å²) in [5.74, 6) is 2.66. The van der Waals surface area contributed by atoms with Crippen molar-refractivity contribution in [1.82, 2.24) is 10.6 Å². The second-order valence-electron chi connectivity index (χ2n) is 5.86. The number of ether oxygens (including phenoxy) is 2. The van der Waals surface area contributed by atoms with E-state index < -0.39 is 0 Å². The molecule has 0 amide bonds. The van der Waals surface area contributed by atoms with Crippen LogP contribution in [0, 0.1) is 0 Å². The molecule has 27 heavy (non-hydrogen) atoms. The van der Waals surface area contributed by atoms with Crippen molar-refractivity contribution in [2.45, 2.75) is 17.9 Å². The second kappa shape index (κ2) is 13.1. The van der Waals surface area contributed by atoms with Crippen LogP contribution in [0.2, 0.25) is 0 Å². The van der Waals surface area contributed by atoms with E-state index in [9.17, 15) is 0 Å². The molecule has 2 rings (SSSR count). The molecule has 0 fully saturated rings. The predicted octanol–water partition coefficient (Wildman–Crippen LogP) is 3.56. The molecule has 0 saturated carbocycles. The number of rotatable bonds is 11. The van der Waals surface area contributed by atoms with Crippen LogP contribution in [0.3, 0.4) is 0 Å². The Morgan fingerprint density at radius 3 is 2.67 bits per heavy atom. The molecular formula is C21H29N3O2S. The van der Waals surface area contributed by atoms with E-state index in [2.05, 4.69) is 52.0 Å². The van der Waals surface area contributed by atoms with Crippen LogP contribution >= 0.6 is 11.8 Å². The van der Waals surface area contributed by atoms with Crippen LogP contribution in [0.4, 0.5) is 0 Å². The SMILES string of the molecule is CN=C(NCCSc1ccccc1)NCc1cccc(OCCCOC)c1. The highest BCUT2D eigenvalue weighted by Crippen LogP contribution is 2.16. The van der Waals surface area contributed by atoms with Gasteiger partial charge >= 0.3 is 0 Å². The van der Waals surface area contributed by atoms with Gasteiger partial charge in [-0.05, 0) is 29.8 Å². The fourth-order valence-corrected chi connectivity index (χ4v) is 3.19. The highest BCUT2D eigenvalue weighted by atomic mass is 32.2. The summed E-state index contributed by atoms with van der Waals surface area (Å²) in [5, 5.41) is 6.69. The molecule has 0 radical (unpaired) electrons. The highest BCUT2D eigenvalue weighted by molar-refractivity contribution is 7.99. The minimum absolute atomic E-state index is 0.660. The molecule has 0 spiro atoms. The van der Waals surface area contributed by atoms with Crippen molar-refractivity contribution < 1.29 is 9.47 Å². The zero-order chi connectivity index (χ0) is 19.2. The number of guanidine groups is 1. The largest absolute Gasteiger partial charge is 0.493 e. The van der Waals surface area contributed by atoms with Gasteiger partial charge in [-0.1, -0.05) is 30.3 Å². The van der Waals surface area contributed by atoms with Gasteiger partial charge in [-0.3, -0.25) is 4.99 Å². The normalized spacial score (nSPS) is 11.3. The number of hydrogen-bond donors (Lipinski definition) is 2. The molecule has 5 nitrogen and oxygen atoms in total. The van der Waals surface area contributed by atoms with Crippen LogP contribution in [0.5, 0.6) is 5.75 Å². The highest BCUT2D eigenvalue weighted by Gasteiger charge is 2.01. The second-order valence-corrected chi connectivity index (χ2v) is 7.02. The Kier molecular flexibility index (Phi) is 10.2. The Labute approximate surface area is 166 Å². The average molecular weight is 388 g/mol. The number of nitrogens with one attached hydrogen (secondary N) is 2. The summed E-state index contributed by atoms with van der Waals surface area (Å²) in [6, 6.07) is 18.5. The van der Waals surface area contributed by atoms with Crippen LogP contribution in [0.1, 0.15) is 12.0 Å². The average Bonchev–Trinajstić information content (AvgIpc) is 2.72. The Bertz CT molecular complexity index is 680. The van der Waals surface area contributed by atoms with Gasteiger partial charge in [-0.15, -0.1) is 11.8 Å². The summed E-state index contributed by atoms with van der Waals surface area (Å²) >= 11 is 1.83. The molecular weight excluding hydrogens is 358 g/mol. The number of thioether (sulfide) groups is 1. The number of nitrogens with zero attached hydrogens (tertiary/aromatic N) is 1. The van der Waals surface area contributed by atoms with Crippen molar-refractivity contribution >= 4 is 17.7 Å². The van der Waals surface area contributed by atoms with E-state index in [1.165, 1.54) is 4.90 Å². The van der Waals surface area contributed by atoms with Crippen LogP contribution in [0.15, 0.2) is 64.5 Å². The van der Waals surface area contributed by atoms with Crippen molar-refractivity contribution in [2.75, 3.05) is 39.7 Å². The Morgan fingerprint density at radius 2 is 1.89 bits per heavy atom. The fourth-order valence-electron chi connectivity index (χ4n) is 2.40. The molecule has 0 unspecified atom stereocenters. The van der Waals surface area contributed by atoms with Crippen molar-refractivity contribution in [3.8, 4) is 5.75 Å². The van der Waals surface area contributed by atoms with Gasteiger partial charge in [0.25, 0.3) is 0 Å². The lowest BCUT2D eigenvalue weighted by molar-refractivity contribution is 0.172. The summed E-state index contributed by atoms with van der Waals surface area (Å²) in [4.78, 5) is 5.56. The summed E-state index contributed by atoms with van der Waals surface area (Å²) < 4.78 is 10.8. The number of methoxy groups -OCH3 is 1. The zero-order valence-electron chi connectivity index (χ0n) is 16.1. The van der Waals surface area contributed by atoms with Crippen molar-refractivity contribution in [2.24, 2.45) is 4.99 Å². The fraction of sp³-hybridized carbons (Fsp3) is 0.381. The van der Waals surface area contributed by atoms with Gasteiger partial charge in [0.15, 0.2) is 5.96 Å². The zero-order valence-corrected chi connectivity index (χ0v) is 16.9. The van der Waals surface area contributed by atoms with Gasteiger partial charge in [0.2, 0.25) is 0 Å². The van der Waals surface area contributed by atoms with E-state index in [1.807, 2.05) is 30.0 Å². The maximum Gasteiger partial charge on any atom is 0.191 e. The van der Waals surface area contributed by atoms with E-state index in [1.54, 1.807) is 14.2 Å². The maximum atomic E-state index is 5.75. The summed E-state index contributed by atoms with van der Waals surface area (Å²) in [6.45, 7) is 2.92. The van der Waals surface area contributed by atoms with Crippen molar-refractivity contribution in [3.63, 3.8) is 0 Å². The molecule has 2 N–H and O–H groups in total. The first-order valence-corrected chi connectivity index (χ1v) is 10.1. The van der Waals surface area contributed by atoms with E-state index in [0.29, 0.717) is 19.8 Å². The lowest BCUT2D eigenvalue weighted by Crippen LogP contribution is -2.37. The van der Waals surface area contributed by atoms with E-state index in [4.69, 9.17) is 9.47 Å². The molecule has 0 aliphatic carbocycles. The van der Waals surface area contributed by atoms with Gasteiger partial charge in [-0.25, -0.2) is 0 Å². The smallest absolute Gasteiger partial charge is 0.191 e. The first kappa shape index (κ1) is 21.1. The standard InChI is InChI=1S/C21H29N3O2S/c1-22-21(23-12-15-27-20-10-4-3-5-11-20)24-17-18-8-6-9-19(16-18)26-14-7-13-25-2/h3-6,8-11,16H,7,12-15,17H2,1-2H3,(H2,22,23,24). The number of benzene rings is 2. The van der Waals surface area contributed by atoms with E-state index >= 15 is 0 Å². The van der Waals surface area contributed by atoms with Crippen LogP contribution in [-0.4, -0.2) is 45.6 Å². The summed E-state index contributed by atoms with van der Waals surface area (Å²) in [5.41, 5.74) is 1.15. The molecule has 6 heteroatoms. The quantitative estimate of drug-likeness (QED) is 0.267. The minimum atomic E-state index is 0.660. The molecule has 0 aliphatic rings. The van der Waals surface area contributed by atoms with Gasteiger partial charge in [0.05, 0.1) is 6.61 Å². The topological polar surface area (TPSA) is 54.9 Å². The van der Waals surface area contributed by atoms with Gasteiger partial charge in [-0.2, -0.15) is 0 Å². The van der Waals surface area contributed by atoms with Gasteiger partial charge < -0.3 is 20.1 Å². The van der Waals surface area contributed by atoms with E-state index in [-0.39, 0.29) is 0 Å². The molecule has 0 aromatic heterocycles. The molecule has 2 aromatic rings. The third-order valence-corrected chi connectivity index (χ3v) is 4.76. The Balaban J connectivity index is 1.69. The first-order valence-electron chi connectivity index (χ1n) is 9.15. The first-order chi connectivity index (χ1) is 13.3. The van der Waals surface area contributed by atoms with Crippen molar-refractivity contribution in [3.05, 3.63) is 60.2 Å². The van der Waals surface area contributed by atoms with Crippen molar-refractivity contribution in [1.29, 1.82) is 0 Å². The Morgan fingerprint density at radius 1 is 1.04 bits per heavy atom. The third kappa shape index (κ3) is 8.84. The molecule has 0 heterocycles. The molecule has 2 aromatic carbocycles. The van der Waals surface area contributed by atoms with Crippen LogP contribution in [0.25, 0.3) is 0 Å². The number of hydrogen-bond acceptors (Lipinski definition) is 4. The third-order valence-electron chi connectivity index (χ3n) is 3.75. The molecule has 146 valence electrons. The van der Waals surface area contributed by atoms with Gasteiger partial charge in [0, 0.05) is 50.9 Å². The number of aliphatic imine (C=N–C) groups is 1. The molecule has 0 atom stereocenters. The van der Waals surface area contributed by atoms with Crippen LogP contribution < -0.4 is 15.4 Å². The minimum Gasteiger partial charge on any atom is -0.493 e. The summed E-state index contributed by atoms with van der Waals surface area (Å²) in [7, 11) is 3.49. The van der Waals surface area contributed by atoms with E-state index in [0.717, 1.165) is 36.0 Å². The predicted molar refractivity (Wildman–Crippen MR) is 114 cm³/mol. The maximum absolute atomic E-state index is 5.75. The van der Waals surface area contributed by atoms with Gasteiger partial charge in [0.1, 0.15) is 5.75 Å². The lowest BCUT2D eigenvalue weighted by Gasteiger charge is -2.13. The lowest BCUT2D eigenvalue weighted by atomic mass is 10.2. The molecule has 0 aliphatic heterocycles.